The summed E-state index contributed by atoms with van der Waals surface area (Å²) >= 11 is 1.61. The van der Waals surface area contributed by atoms with Crippen molar-refractivity contribution in [3.05, 3.63) is 10.6 Å². The molecule has 1 atom stereocenters. The average Bonchev–Trinajstić information content (AvgIpc) is 2.71. The highest BCUT2D eigenvalue weighted by atomic mass is 32.1. The number of hydrogen-bond donors (Lipinski definition) is 1. The Labute approximate surface area is 102 Å². The van der Waals surface area contributed by atoms with Crippen molar-refractivity contribution in [3.8, 4) is 0 Å². The van der Waals surface area contributed by atoms with Gasteiger partial charge in [-0.3, -0.25) is 0 Å². The molecule has 1 rings (SSSR count). The fourth-order valence-electron chi connectivity index (χ4n) is 1.72. The van der Waals surface area contributed by atoms with Gasteiger partial charge in [-0.25, -0.2) is 4.98 Å². The van der Waals surface area contributed by atoms with Crippen LogP contribution in [0.3, 0.4) is 0 Å². The topological polar surface area (TPSA) is 36.4 Å². The molecule has 0 aliphatic heterocycles. The molecule has 3 nitrogen and oxygen atoms in total. The zero-order valence-corrected chi connectivity index (χ0v) is 11.5. The molecular weight excluding hydrogens is 220 g/mol. The number of aliphatic hydroxyl groups excluding tert-OH is 1. The SMILES string of the molecule is CCCC(C)N(C)c1nc(CC)c(CO)s1. The molecule has 0 fully saturated rings. The molecule has 0 aromatic carbocycles. The van der Waals surface area contributed by atoms with Gasteiger partial charge in [-0.2, -0.15) is 0 Å². The summed E-state index contributed by atoms with van der Waals surface area (Å²) in [6, 6.07) is 0.507. The van der Waals surface area contributed by atoms with Crippen LogP contribution >= 0.6 is 11.3 Å². The summed E-state index contributed by atoms with van der Waals surface area (Å²) in [5.41, 5.74) is 1.04. The highest BCUT2D eigenvalue weighted by Gasteiger charge is 2.15. The van der Waals surface area contributed by atoms with Crippen molar-refractivity contribution in [2.75, 3.05) is 11.9 Å². The van der Waals surface area contributed by atoms with E-state index in [-0.39, 0.29) is 6.61 Å². The Kier molecular flexibility index (Phi) is 5.22. The van der Waals surface area contributed by atoms with Gasteiger partial charge in [0.2, 0.25) is 0 Å². The Morgan fingerprint density at radius 2 is 2.12 bits per heavy atom. The van der Waals surface area contributed by atoms with Crippen LogP contribution in [0, 0.1) is 0 Å². The lowest BCUT2D eigenvalue weighted by molar-refractivity contribution is 0.284. The maximum absolute atomic E-state index is 9.24. The first-order chi connectivity index (χ1) is 7.63. The second-order valence-electron chi connectivity index (χ2n) is 4.13. The van der Waals surface area contributed by atoms with Gasteiger partial charge in [-0.1, -0.05) is 31.6 Å². The molecule has 1 aromatic rings. The van der Waals surface area contributed by atoms with E-state index in [1.165, 1.54) is 12.8 Å². The van der Waals surface area contributed by atoms with Gasteiger partial charge in [-0.05, 0) is 19.8 Å². The number of anilines is 1. The molecule has 1 aromatic heterocycles. The molecule has 1 N–H and O–H groups in total. The Morgan fingerprint density at radius 3 is 2.56 bits per heavy atom. The molecule has 1 heterocycles. The van der Waals surface area contributed by atoms with Gasteiger partial charge in [0.05, 0.1) is 17.2 Å². The number of rotatable bonds is 6. The summed E-state index contributed by atoms with van der Waals surface area (Å²) in [5, 5.41) is 10.3. The molecule has 0 spiro atoms. The van der Waals surface area contributed by atoms with Crippen molar-refractivity contribution in [2.45, 2.75) is 52.7 Å². The molecule has 0 saturated heterocycles. The monoisotopic (exact) mass is 242 g/mol. The first kappa shape index (κ1) is 13.5. The maximum Gasteiger partial charge on any atom is 0.185 e. The van der Waals surface area contributed by atoms with Crippen LogP contribution in [0.15, 0.2) is 0 Å². The summed E-state index contributed by atoms with van der Waals surface area (Å²) in [6.07, 6.45) is 3.25. The lowest BCUT2D eigenvalue weighted by Gasteiger charge is -2.23. The van der Waals surface area contributed by atoms with E-state index in [4.69, 9.17) is 0 Å². The normalized spacial score (nSPS) is 12.8. The van der Waals surface area contributed by atoms with Crippen LogP contribution in [0.25, 0.3) is 0 Å². The number of thiazole rings is 1. The van der Waals surface area contributed by atoms with Gasteiger partial charge in [0, 0.05) is 13.1 Å². The van der Waals surface area contributed by atoms with Crippen molar-refractivity contribution in [2.24, 2.45) is 0 Å². The smallest absolute Gasteiger partial charge is 0.185 e. The van der Waals surface area contributed by atoms with Crippen LogP contribution in [0.2, 0.25) is 0 Å². The van der Waals surface area contributed by atoms with Crippen molar-refractivity contribution in [1.82, 2.24) is 4.98 Å². The molecular formula is C12H22N2OS. The van der Waals surface area contributed by atoms with E-state index < -0.39 is 0 Å². The number of aromatic nitrogens is 1. The van der Waals surface area contributed by atoms with Gasteiger partial charge >= 0.3 is 0 Å². The molecule has 0 saturated carbocycles. The van der Waals surface area contributed by atoms with Crippen molar-refractivity contribution >= 4 is 16.5 Å². The van der Waals surface area contributed by atoms with Gasteiger partial charge in [-0.15, -0.1) is 0 Å². The maximum atomic E-state index is 9.24. The van der Waals surface area contributed by atoms with Gasteiger partial charge in [0.25, 0.3) is 0 Å². The fourth-order valence-corrected chi connectivity index (χ4v) is 2.79. The lowest BCUT2D eigenvalue weighted by Crippen LogP contribution is -2.28. The molecule has 4 heteroatoms. The summed E-state index contributed by atoms with van der Waals surface area (Å²) in [7, 11) is 2.08. The van der Waals surface area contributed by atoms with E-state index in [1.54, 1.807) is 11.3 Å². The van der Waals surface area contributed by atoms with Gasteiger partial charge in [0.15, 0.2) is 5.13 Å². The van der Waals surface area contributed by atoms with E-state index in [0.29, 0.717) is 6.04 Å². The Balaban J connectivity index is 2.82. The minimum absolute atomic E-state index is 0.108. The van der Waals surface area contributed by atoms with E-state index in [9.17, 15) is 5.11 Å². The minimum Gasteiger partial charge on any atom is -0.391 e. The number of aryl methyl sites for hydroxylation is 1. The summed E-state index contributed by atoms with van der Waals surface area (Å²) in [6.45, 7) is 6.60. The van der Waals surface area contributed by atoms with Crippen LogP contribution < -0.4 is 4.90 Å². The molecule has 1 unspecified atom stereocenters. The molecule has 0 aliphatic carbocycles. The third-order valence-corrected chi connectivity index (χ3v) is 4.09. The summed E-state index contributed by atoms with van der Waals surface area (Å²) in [4.78, 5) is 7.81. The van der Waals surface area contributed by atoms with E-state index in [1.807, 2.05) is 0 Å². The third-order valence-electron chi connectivity index (χ3n) is 2.91. The molecule has 0 amide bonds. The Bertz CT molecular complexity index is 303. The second kappa shape index (κ2) is 6.21. The van der Waals surface area contributed by atoms with E-state index in [0.717, 1.165) is 22.1 Å². The Morgan fingerprint density at radius 1 is 1.44 bits per heavy atom. The van der Waals surface area contributed by atoms with Crippen LogP contribution in [0.1, 0.15) is 44.2 Å². The summed E-state index contributed by atoms with van der Waals surface area (Å²) in [5.74, 6) is 0. The first-order valence-electron chi connectivity index (χ1n) is 5.96. The third kappa shape index (κ3) is 2.95. The number of hydrogen-bond acceptors (Lipinski definition) is 4. The zero-order valence-electron chi connectivity index (χ0n) is 10.7. The van der Waals surface area contributed by atoms with Crippen LogP contribution in [-0.2, 0) is 13.0 Å². The van der Waals surface area contributed by atoms with Crippen molar-refractivity contribution in [3.63, 3.8) is 0 Å². The average molecular weight is 242 g/mol. The zero-order chi connectivity index (χ0) is 12.1. The van der Waals surface area contributed by atoms with Crippen LogP contribution in [-0.4, -0.2) is 23.2 Å². The number of aliphatic hydroxyl groups is 1. The molecule has 92 valence electrons. The largest absolute Gasteiger partial charge is 0.391 e. The first-order valence-corrected chi connectivity index (χ1v) is 6.77. The van der Waals surface area contributed by atoms with Gasteiger partial charge < -0.3 is 10.0 Å². The fraction of sp³-hybridized carbons (Fsp3) is 0.750. The molecule has 16 heavy (non-hydrogen) atoms. The summed E-state index contributed by atoms with van der Waals surface area (Å²) < 4.78 is 0. The standard InChI is InChI=1S/C12H22N2OS/c1-5-7-9(3)14(4)12-13-10(6-2)11(8-15)16-12/h9,15H,5-8H2,1-4H3. The van der Waals surface area contributed by atoms with Gasteiger partial charge in [0.1, 0.15) is 0 Å². The highest BCUT2D eigenvalue weighted by Crippen LogP contribution is 2.27. The predicted octanol–water partition coefficient (Wildman–Crippen LogP) is 2.82. The predicted molar refractivity (Wildman–Crippen MR) is 70.2 cm³/mol. The van der Waals surface area contributed by atoms with Crippen molar-refractivity contribution < 1.29 is 5.11 Å². The van der Waals surface area contributed by atoms with E-state index in [2.05, 4.69) is 37.7 Å². The van der Waals surface area contributed by atoms with Crippen LogP contribution in [0.4, 0.5) is 5.13 Å². The second-order valence-corrected chi connectivity index (χ2v) is 5.19. The quantitative estimate of drug-likeness (QED) is 0.833. The van der Waals surface area contributed by atoms with Crippen molar-refractivity contribution in [1.29, 1.82) is 0 Å². The van der Waals surface area contributed by atoms with E-state index >= 15 is 0 Å². The van der Waals surface area contributed by atoms with Crippen LogP contribution in [0.5, 0.6) is 0 Å². The highest BCUT2D eigenvalue weighted by molar-refractivity contribution is 7.15. The molecule has 0 aliphatic rings. The number of nitrogens with zero attached hydrogens (tertiary/aromatic N) is 2. The molecule has 0 bridgehead atoms. The Hall–Kier alpha value is -0.610. The lowest BCUT2D eigenvalue weighted by atomic mass is 10.2. The molecule has 0 radical (unpaired) electrons. The minimum atomic E-state index is 0.108.